The maximum Gasteiger partial charge on any atom is 0.310 e. The van der Waals surface area contributed by atoms with Gasteiger partial charge in [0, 0.05) is 18.1 Å². The van der Waals surface area contributed by atoms with Gasteiger partial charge < -0.3 is 10.1 Å². The smallest absolute Gasteiger partial charge is 0.310 e. The third-order valence-corrected chi connectivity index (χ3v) is 2.20. The van der Waals surface area contributed by atoms with Crippen molar-refractivity contribution in [3.63, 3.8) is 0 Å². The van der Waals surface area contributed by atoms with E-state index in [2.05, 4.69) is 5.32 Å². The second-order valence-corrected chi connectivity index (χ2v) is 3.51. The summed E-state index contributed by atoms with van der Waals surface area (Å²) in [5.41, 5.74) is 2.18. The van der Waals surface area contributed by atoms with Crippen LogP contribution >= 0.6 is 11.6 Å². The highest BCUT2D eigenvalue weighted by Crippen LogP contribution is 2.27. The molecule has 0 aliphatic carbocycles. The highest BCUT2D eigenvalue weighted by atomic mass is 35.5. The Bertz CT molecular complexity index is 421. The van der Waals surface area contributed by atoms with Crippen molar-refractivity contribution in [1.82, 2.24) is 5.32 Å². The number of hydrogen-bond acceptors (Lipinski definition) is 4. The molecule has 0 amide bonds. The van der Waals surface area contributed by atoms with Crippen molar-refractivity contribution >= 4 is 17.3 Å². The summed E-state index contributed by atoms with van der Waals surface area (Å²) in [5.74, 6) is 0.248. The van der Waals surface area contributed by atoms with Gasteiger partial charge in [-0.25, -0.2) is 0 Å². The number of hydrogen-bond donors (Lipinski definition) is 1. The molecule has 0 bridgehead atoms. The number of halogens is 1. The van der Waals surface area contributed by atoms with Gasteiger partial charge >= 0.3 is 5.69 Å². The van der Waals surface area contributed by atoms with Crippen LogP contribution in [0.3, 0.4) is 0 Å². The number of ether oxygens (including phenoxy) is 1. The van der Waals surface area contributed by atoms with E-state index >= 15 is 0 Å². The Kier molecular flexibility index (Phi) is 5.45. The van der Waals surface area contributed by atoms with Crippen LogP contribution in [0.4, 0.5) is 5.69 Å². The Morgan fingerprint density at radius 3 is 2.94 bits per heavy atom. The average Bonchev–Trinajstić information content (AvgIpc) is 2.30. The first kappa shape index (κ1) is 13.5. The van der Waals surface area contributed by atoms with Gasteiger partial charge in [-0.05, 0) is 24.8 Å². The maximum absolute atomic E-state index is 10.8. The molecule has 0 saturated heterocycles. The quantitative estimate of drug-likeness (QED) is 0.627. The maximum atomic E-state index is 10.8. The first-order valence-electron chi connectivity index (χ1n) is 4.99. The Hall–Kier alpha value is -1.59. The molecule has 0 spiro atoms. The summed E-state index contributed by atoms with van der Waals surface area (Å²) >= 11 is 5.35. The lowest BCUT2D eigenvalue weighted by molar-refractivity contribution is -0.385. The van der Waals surface area contributed by atoms with E-state index in [4.69, 9.17) is 16.3 Å². The third kappa shape index (κ3) is 4.05. The van der Waals surface area contributed by atoms with E-state index in [-0.39, 0.29) is 18.0 Å². The van der Waals surface area contributed by atoms with E-state index < -0.39 is 4.92 Å². The van der Waals surface area contributed by atoms with E-state index in [1.807, 2.05) is 0 Å². The first-order valence-corrected chi connectivity index (χ1v) is 5.42. The second-order valence-electron chi connectivity index (χ2n) is 3.26. The molecule has 0 atom stereocenters. The summed E-state index contributed by atoms with van der Waals surface area (Å²) in [6.07, 6.45) is 1.57. The van der Waals surface area contributed by atoms with Crippen molar-refractivity contribution in [1.29, 1.82) is 0 Å². The van der Waals surface area contributed by atoms with Crippen LogP contribution in [0.15, 0.2) is 29.8 Å². The number of nitro groups is 1. The highest BCUT2D eigenvalue weighted by molar-refractivity contribution is 6.25. The number of benzene rings is 1. The summed E-state index contributed by atoms with van der Waals surface area (Å²) < 4.78 is 5.29. The summed E-state index contributed by atoms with van der Waals surface area (Å²) in [4.78, 5) is 10.3. The Morgan fingerprint density at radius 1 is 1.59 bits per heavy atom. The van der Waals surface area contributed by atoms with Crippen molar-refractivity contribution in [3.8, 4) is 5.75 Å². The van der Waals surface area contributed by atoms with Crippen LogP contribution in [0.25, 0.3) is 0 Å². The fourth-order valence-electron chi connectivity index (χ4n) is 1.31. The lowest BCUT2D eigenvalue weighted by Crippen LogP contribution is -2.06. The molecular weight excluding hydrogens is 244 g/mol. The zero-order valence-corrected chi connectivity index (χ0v) is 10.1. The number of nitrogens with zero attached hydrogens (tertiary/aromatic N) is 1. The number of rotatable bonds is 6. The van der Waals surface area contributed by atoms with Crippen molar-refractivity contribution in [2.45, 2.75) is 6.54 Å². The van der Waals surface area contributed by atoms with E-state index in [0.29, 0.717) is 6.54 Å². The van der Waals surface area contributed by atoms with E-state index in [1.165, 1.54) is 11.6 Å². The summed E-state index contributed by atoms with van der Waals surface area (Å²) in [6, 6.07) is 4.78. The zero-order chi connectivity index (χ0) is 12.7. The molecule has 17 heavy (non-hydrogen) atoms. The van der Waals surface area contributed by atoms with Crippen molar-refractivity contribution in [3.05, 3.63) is 45.5 Å². The average molecular weight is 257 g/mol. The predicted octanol–water partition coefficient (Wildman–Crippen LogP) is 2.45. The zero-order valence-electron chi connectivity index (χ0n) is 9.35. The van der Waals surface area contributed by atoms with Gasteiger partial charge in [-0.15, -0.1) is 0 Å². The molecule has 0 saturated carbocycles. The standard InChI is InChI=1S/C11H13ClN2O3/c1-13-8-9-3-4-10(14(15)16)11(7-9)17-6-2-5-12/h2-5,7,13H,6,8H2,1H3. The molecule has 1 N–H and O–H groups in total. The van der Waals surface area contributed by atoms with Crippen LogP contribution in [-0.4, -0.2) is 18.6 Å². The molecule has 0 aliphatic rings. The highest BCUT2D eigenvalue weighted by Gasteiger charge is 2.14. The summed E-state index contributed by atoms with van der Waals surface area (Å²) in [7, 11) is 1.80. The molecular formula is C11H13ClN2O3. The number of nitro benzene ring substituents is 1. The molecule has 92 valence electrons. The van der Waals surface area contributed by atoms with Gasteiger partial charge in [0.05, 0.1) is 4.92 Å². The minimum atomic E-state index is -0.469. The SMILES string of the molecule is CNCc1ccc([N+](=O)[O-])c(OCC=CCl)c1. The van der Waals surface area contributed by atoms with Crippen LogP contribution in [0.1, 0.15) is 5.56 Å². The van der Waals surface area contributed by atoms with Crippen molar-refractivity contribution < 1.29 is 9.66 Å². The second kappa shape index (κ2) is 6.88. The van der Waals surface area contributed by atoms with Crippen LogP contribution in [0.2, 0.25) is 0 Å². The normalized spacial score (nSPS) is 10.7. The monoisotopic (exact) mass is 256 g/mol. The van der Waals surface area contributed by atoms with Gasteiger partial charge in [-0.1, -0.05) is 17.7 Å². The van der Waals surface area contributed by atoms with E-state index in [0.717, 1.165) is 5.56 Å². The molecule has 5 nitrogen and oxygen atoms in total. The fourth-order valence-corrected chi connectivity index (χ4v) is 1.39. The topological polar surface area (TPSA) is 64.4 Å². The Labute approximate surface area is 104 Å². The molecule has 6 heteroatoms. The fraction of sp³-hybridized carbons (Fsp3) is 0.273. The molecule has 1 aromatic rings. The van der Waals surface area contributed by atoms with Gasteiger partial charge in [-0.2, -0.15) is 0 Å². The van der Waals surface area contributed by atoms with Gasteiger partial charge in [0.1, 0.15) is 6.61 Å². The van der Waals surface area contributed by atoms with Crippen LogP contribution in [0, 0.1) is 10.1 Å². The minimum absolute atomic E-state index is 0.0483. The van der Waals surface area contributed by atoms with Gasteiger partial charge in [-0.3, -0.25) is 10.1 Å². The molecule has 0 aliphatic heterocycles. The van der Waals surface area contributed by atoms with Crippen molar-refractivity contribution in [2.75, 3.05) is 13.7 Å². The molecule has 0 aromatic heterocycles. The largest absolute Gasteiger partial charge is 0.483 e. The summed E-state index contributed by atoms with van der Waals surface area (Å²) in [5, 5.41) is 13.8. The third-order valence-electron chi connectivity index (χ3n) is 2.03. The molecule has 0 heterocycles. The van der Waals surface area contributed by atoms with Gasteiger partial charge in [0.25, 0.3) is 0 Å². The molecule has 0 unspecified atom stereocenters. The molecule has 1 rings (SSSR count). The van der Waals surface area contributed by atoms with Gasteiger partial charge in [0.15, 0.2) is 5.75 Å². The van der Waals surface area contributed by atoms with E-state index in [1.54, 1.807) is 25.3 Å². The Morgan fingerprint density at radius 2 is 2.35 bits per heavy atom. The predicted molar refractivity (Wildman–Crippen MR) is 66.3 cm³/mol. The minimum Gasteiger partial charge on any atom is -0.483 e. The number of nitrogens with one attached hydrogen (secondary N) is 1. The lowest BCUT2D eigenvalue weighted by Gasteiger charge is -2.06. The molecule has 0 radical (unpaired) electrons. The van der Waals surface area contributed by atoms with Crippen molar-refractivity contribution in [2.24, 2.45) is 0 Å². The molecule has 1 aromatic carbocycles. The Balaban J connectivity index is 2.93. The van der Waals surface area contributed by atoms with Crippen LogP contribution in [-0.2, 0) is 6.54 Å². The van der Waals surface area contributed by atoms with Gasteiger partial charge in [0.2, 0.25) is 0 Å². The molecule has 0 fully saturated rings. The lowest BCUT2D eigenvalue weighted by atomic mass is 10.2. The van der Waals surface area contributed by atoms with Crippen LogP contribution in [0.5, 0.6) is 5.75 Å². The van der Waals surface area contributed by atoms with E-state index in [9.17, 15) is 10.1 Å². The van der Waals surface area contributed by atoms with Crippen LogP contribution < -0.4 is 10.1 Å². The first-order chi connectivity index (χ1) is 8.19. The summed E-state index contributed by atoms with van der Waals surface area (Å²) in [6.45, 7) is 0.826.